The number of rotatable bonds is 0. The molecule has 0 aromatic heterocycles. The van der Waals surface area contributed by atoms with Crippen molar-refractivity contribution in [3.63, 3.8) is 0 Å². The maximum absolute atomic E-state index is 7.35. The summed E-state index contributed by atoms with van der Waals surface area (Å²) in [5, 5.41) is 1.43. The molecule has 0 radical (unpaired) electrons. The molecule has 1 nitrogen and oxygen atoms in total. The van der Waals surface area contributed by atoms with Crippen LogP contribution >= 0.6 is 0 Å². The minimum atomic E-state index is 0.701. The van der Waals surface area contributed by atoms with Crippen LogP contribution in [0.25, 0.3) is 6.08 Å². The van der Waals surface area contributed by atoms with Gasteiger partial charge in [0.25, 0.3) is 0 Å². The summed E-state index contributed by atoms with van der Waals surface area (Å²) in [5.41, 5.74) is 2.46. The molecule has 1 heterocycles. The molecule has 1 aromatic rings. The van der Waals surface area contributed by atoms with Gasteiger partial charge in [0.1, 0.15) is 0 Å². The van der Waals surface area contributed by atoms with Crippen molar-refractivity contribution in [2.24, 2.45) is 0 Å². The van der Waals surface area contributed by atoms with E-state index in [0.717, 1.165) is 0 Å². The maximum Gasteiger partial charge on any atom is 0.160 e. The van der Waals surface area contributed by atoms with Crippen molar-refractivity contribution in [1.82, 2.24) is 5.31 Å². The van der Waals surface area contributed by atoms with Crippen molar-refractivity contribution >= 4 is 6.08 Å². The van der Waals surface area contributed by atoms with Crippen molar-refractivity contribution in [2.75, 3.05) is 0 Å². The van der Waals surface area contributed by atoms with Gasteiger partial charge in [0, 0.05) is 6.54 Å². The Bertz CT molecular complexity index is 293. The SMILES string of the molecule is [2H]N1C=Cc2ccccc2C1. The van der Waals surface area contributed by atoms with Gasteiger partial charge in [-0.15, -0.1) is 0 Å². The summed E-state index contributed by atoms with van der Waals surface area (Å²) in [6, 6.07) is 8.15. The smallest absolute Gasteiger partial charge is 0.160 e. The fourth-order valence-corrected chi connectivity index (χ4v) is 1.12. The molecule has 0 unspecified atom stereocenters. The van der Waals surface area contributed by atoms with Crippen LogP contribution in [-0.2, 0) is 6.54 Å². The quantitative estimate of drug-likeness (QED) is 0.567. The van der Waals surface area contributed by atoms with E-state index in [4.69, 9.17) is 1.41 Å². The summed E-state index contributed by atoms with van der Waals surface area (Å²) < 4.78 is 7.35. The predicted octanol–water partition coefficient (Wildman–Crippen LogP) is 1.76. The van der Waals surface area contributed by atoms with Crippen LogP contribution < -0.4 is 5.31 Å². The number of hydrogen-bond donors (Lipinski definition) is 1. The van der Waals surface area contributed by atoms with Gasteiger partial charge in [-0.2, -0.15) is 0 Å². The summed E-state index contributed by atoms with van der Waals surface area (Å²) in [6.07, 6.45) is 3.74. The van der Waals surface area contributed by atoms with E-state index < -0.39 is 0 Å². The molecular weight excluding hydrogens is 122 g/mol. The van der Waals surface area contributed by atoms with Gasteiger partial charge in [-0.3, -0.25) is 0 Å². The third-order valence-electron chi connectivity index (χ3n) is 1.68. The molecule has 0 saturated heterocycles. The molecular formula is C9H9N. The zero-order chi connectivity index (χ0) is 7.68. The van der Waals surface area contributed by atoms with Crippen molar-refractivity contribution < 1.29 is 1.41 Å². The first-order chi connectivity index (χ1) is 5.36. The lowest BCUT2D eigenvalue weighted by molar-refractivity contribution is 0.859. The third kappa shape index (κ3) is 0.798. The Labute approximate surface area is 61.8 Å². The van der Waals surface area contributed by atoms with Crippen molar-refractivity contribution in [2.45, 2.75) is 6.54 Å². The van der Waals surface area contributed by atoms with Gasteiger partial charge < -0.3 is 5.31 Å². The standard InChI is InChI=1S/C9H9N/c1-2-4-9-7-10-6-5-8(9)3-1/h1-6,10H,7H2/i/hD. The maximum atomic E-state index is 7.35. The Kier molecular flexibility index (Phi) is 0.992. The highest BCUT2D eigenvalue weighted by atomic mass is 14.8. The average Bonchev–Trinajstić information content (AvgIpc) is 2.04. The first kappa shape index (κ1) is 4.56. The van der Waals surface area contributed by atoms with E-state index in [0.29, 0.717) is 6.54 Å². The predicted molar refractivity (Wildman–Crippen MR) is 42.3 cm³/mol. The monoisotopic (exact) mass is 132 g/mol. The van der Waals surface area contributed by atoms with Crippen LogP contribution in [0.4, 0.5) is 0 Å². The third-order valence-corrected chi connectivity index (χ3v) is 1.68. The second-order valence-electron chi connectivity index (χ2n) is 2.36. The van der Waals surface area contributed by atoms with Crippen LogP contribution in [0.5, 0.6) is 0 Å². The lowest BCUT2D eigenvalue weighted by Gasteiger charge is -2.10. The highest BCUT2D eigenvalue weighted by Crippen LogP contribution is 2.12. The second kappa shape index (κ2) is 2.18. The molecule has 0 saturated carbocycles. The molecule has 0 spiro atoms. The van der Waals surface area contributed by atoms with Gasteiger partial charge in [-0.25, -0.2) is 0 Å². The van der Waals surface area contributed by atoms with E-state index in [1.54, 1.807) is 6.20 Å². The van der Waals surface area contributed by atoms with Gasteiger partial charge in [-0.1, -0.05) is 24.3 Å². The van der Waals surface area contributed by atoms with Crippen LogP contribution in [-0.4, -0.2) is 0 Å². The van der Waals surface area contributed by atoms with E-state index in [1.165, 1.54) is 16.4 Å². The second-order valence-corrected chi connectivity index (χ2v) is 2.36. The summed E-state index contributed by atoms with van der Waals surface area (Å²) >= 11 is 0. The Morgan fingerprint density at radius 1 is 1.40 bits per heavy atom. The molecule has 1 aliphatic heterocycles. The highest BCUT2D eigenvalue weighted by molar-refractivity contribution is 5.55. The first-order valence-corrected chi connectivity index (χ1v) is 3.38. The summed E-state index contributed by atoms with van der Waals surface area (Å²) in [7, 11) is 0. The fraction of sp³-hybridized carbons (Fsp3) is 0.111. The minimum Gasteiger partial charge on any atom is -0.387 e. The van der Waals surface area contributed by atoms with Gasteiger partial charge >= 0.3 is 0 Å². The van der Waals surface area contributed by atoms with Crippen molar-refractivity contribution in [1.29, 1.82) is 0 Å². The Morgan fingerprint density at radius 2 is 2.30 bits per heavy atom. The van der Waals surface area contributed by atoms with Gasteiger partial charge in [-0.05, 0) is 23.4 Å². The molecule has 0 aliphatic carbocycles. The summed E-state index contributed by atoms with van der Waals surface area (Å²) in [5.74, 6) is 0. The lowest BCUT2D eigenvalue weighted by Crippen LogP contribution is -2.09. The van der Waals surface area contributed by atoms with Crippen molar-refractivity contribution in [3.8, 4) is 0 Å². The van der Waals surface area contributed by atoms with Gasteiger partial charge in [0.2, 0.25) is 0 Å². The van der Waals surface area contributed by atoms with E-state index in [-0.39, 0.29) is 0 Å². The van der Waals surface area contributed by atoms with E-state index in [1.807, 2.05) is 18.2 Å². The number of nitrogens with one attached hydrogen (secondary N) is 1. The molecule has 1 heteroatoms. The summed E-state index contributed by atoms with van der Waals surface area (Å²) in [6.45, 7) is 0.701. The molecule has 2 rings (SSSR count). The molecule has 1 aromatic carbocycles. The molecule has 50 valence electrons. The molecule has 1 N–H and O–H groups in total. The van der Waals surface area contributed by atoms with Crippen LogP contribution in [0.2, 0.25) is 1.41 Å². The largest absolute Gasteiger partial charge is 0.387 e. The molecule has 0 fully saturated rings. The molecule has 0 amide bonds. The average molecular weight is 132 g/mol. The van der Waals surface area contributed by atoms with Crippen LogP contribution in [0.1, 0.15) is 11.1 Å². The molecule has 10 heavy (non-hydrogen) atoms. The number of hydrogen-bond acceptors (Lipinski definition) is 1. The zero-order valence-corrected chi connectivity index (χ0v) is 5.62. The Balaban J connectivity index is 2.46. The lowest BCUT2D eigenvalue weighted by atomic mass is 10.1. The molecule has 0 bridgehead atoms. The van der Waals surface area contributed by atoms with Crippen LogP contribution in [0, 0.1) is 0 Å². The van der Waals surface area contributed by atoms with Gasteiger partial charge in [0.05, 0.1) is 0 Å². The highest BCUT2D eigenvalue weighted by Gasteiger charge is 1.99. The van der Waals surface area contributed by atoms with E-state index in [9.17, 15) is 0 Å². The van der Waals surface area contributed by atoms with Crippen LogP contribution in [0.3, 0.4) is 0 Å². The van der Waals surface area contributed by atoms with E-state index in [2.05, 4.69) is 12.1 Å². The number of fused-ring (bicyclic) bond motifs is 1. The fourth-order valence-electron chi connectivity index (χ4n) is 1.12. The van der Waals surface area contributed by atoms with Crippen molar-refractivity contribution in [3.05, 3.63) is 41.6 Å². The topological polar surface area (TPSA) is 12.0 Å². The molecule has 1 aliphatic rings. The number of benzene rings is 1. The summed E-state index contributed by atoms with van der Waals surface area (Å²) in [4.78, 5) is 0. The molecule has 0 atom stereocenters. The Hall–Kier alpha value is -1.24. The first-order valence-electron chi connectivity index (χ1n) is 3.82. The van der Waals surface area contributed by atoms with Crippen LogP contribution in [0.15, 0.2) is 30.5 Å². The van der Waals surface area contributed by atoms with E-state index >= 15 is 0 Å². The minimum absolute atomic E-state index is 0.701. The Morgan fingerprint density at radius 3 is 3.30 bits per heavy atom. The zero-order valence-electron chi connectivity index (χ0n) is 6.62. The van der Waals surface area contributed by atoms with Gasteiger partial charge in [0.15, 0.2) is 1.41 Å². The normalized spacial score (nSPS) is 16.4.